The number of nitriles is 1. The molecule has 48 heavy (non-hydrogen) atoms. The molecular formula is C44H29N3O. The van der Waals surface area contributed by atoms with Crippen molar-refractivity contribution in [2.75, 3.05) is 4.90 Å². The van der Waals surface area contributed by atoms with Gasteiger partial charge in [-0.05, 0) is 49.4 Å². The van der Waals surface area contributed by atoms with Gasteiger partial charge in [-0.3, -0.25) is 0 Å². The first-order valence-corrected chi connectivity index (χ1v) is 16.4. The standard InChI is InChI=1S/C44H29N3O/c1-44-26-11-10-23-40(44)46(38-25-24-34-32-17-5-9-22-39(32)48-43(34)41(38)44)35-19-6-4-16-31(35)33-18-12-13-28(27-45)42(33)47-36-20-7-2-14-29(36)30-15-3-8-21-37(30)47/h2-26,40H,1H3. The number of aromatic nitrogens is 1. The zero-order valence-corrected chi connectivity index (χ0v) is 26.3. The van der Waals surface area contributed by atoms with E-state index in [1.807, 2.05) is 18.2 Å². The van der Waals surface area contributed by atoms with Crippen LogP contribution in [0.4, 0.5) is 11.4 Å². The maximum atomic E-state index is 10.6. The van der Waals surface area contributed by atoms with Crippen molar-refractivity contribution < 1.29 is 4.42 Å². The molecule has 0 radical (unpaired) electrons. The number of para-hydroxylation sites is 5. The highest BCUT2D eigenvalue weighted by Gasteiger charge is 2.49. The molecule has 1 aliphatic carbocycles. The van der Waals surface area contributed by atoms with E-state index in [2.05, 4.69) is 156 Å². The van der Waals surface area contributed by atoms with Gasteiger partial charge in [0.15, 0.2) is 0 Å². The zero-order valence-electron chi connectivity index (χ0n) is 26.3. The summed E-state index contributed by atoms with van der Waals surface area (Å²) < 4.78 is 8.94. The first-order valence-electron chi connectivity index (χ1n) is 16.4. The predicted octanol–water partition coefficient (Wildman–Crippen LogP) is 11.1. The first-order chi connectivity index (χ1) is 23.7. The Labute approximate surface area is 277 Å². The molecule has 0 spiro atoms. The summed E-state index contributed by atoms with van der Waals surface area (Å²) in [5.74, 6) is 0. The highest BCUT2D eigenvalue weighted by atomic mass is 16.3. The third-order valence-corrected chi connectivity index (χ3v) is 10.5. The lowest BCUT2D eigenvalue weighted by Gasteiger charge is -2.35. The number of anilines is 2. The van der Waals surface area contributed by atoms with Crippen LogP contribution in [0.25, 0.3) is 60.6 Å². The van der Waals surface area contributed by atoms with Gasteiger partial charge in [0, 0.05) is 55.0 Å². The minimum atomic E-state index is -0.325. The number of allylic oxidation sites excluding steroid dienone is 2. The largest absolute Gasteiger partial charge is 0.456 e. The minimum Gasteiger partial charge on any atom is -0.456 e. The minimum absolute atomic E-state index is 0.0216. The van der Waals surface area contributed by atoms with Crippen molar-refractivity contribution in [1.82, 2.24) is 4.57 Å². The summed E-state index contributed by atoms with van der Waals surface area (Å²) in [4.78, 5) is 2.48. The van der Waals surface area contributed by atoms with Crippen molar-refractivity contribution >= 4 is 55.1 Å². The van der Waals surface area contributed by atoms with Gasteiger partial charge in [0.25, 0.3) is 0 Å². The highest BCUT2D eigenvalue weighted by Crippen LogP contribution is 2.56. The van der Waals surface area contributed by atoms with Crippen LogP contribution in [0.15, 0.2) is 156 Å². The quantitative estimate of drug-likeness (QED) is 0.199. The second kappa shape index (κ2) is 9.84. The predicted molar refractivity (Wildman–Crippen MR) is 196 cm³/mol. The summed E-state index contributed by atoms with van der Waals surface area (Å²) >= 11 is 0. The van der Waals surface area contributed by atoms with Crippen LogP contribution < -0.4 is 4.90 Å². The number of rotatable bonds is 3. The van der Waals surface area contributed by atoms with Crippen molar-refractivity contribution in [2.24, 2.45) is 0 Å². The van der Waals surface area contributed by atoms with Crippen LogP contribution >= 0.6 is 0 Å². The molecule has 226 valence electrons. The number of nitrogens with zero attached hydrogens (tertiary/aromatic N) is 3. The molecule has 0 amide bonds. The van der Waals surface area contributed by atoms with E-state index in [1.165, 1.54) is 16.3 Å². The average Bonchev–Trinajstić information content (AvgIpc) is 3.76. The molecule has 8 aromatic rings. The number of furan rings is 1. The van der Waals surface area contributed by atoms with Crippen molar-refractivity contribution in [2.45, 2.75) is 18.4 Å². The summed E-state index contributed by atoms with van der Waals surface area (Å²) in [6.45, 7) is 2.32. The molecule has 0 fully saturated rings. The molecular weight excluding hydrogens is 587 g/mol. The van der Waals surface area contributed by atoms with Crippen LogP contribution in [0.5, 0.6) is 0 Å². The molecule has 2 aliphatic rings. The summed E-state index contributed by atoms with van der Waals surface area (Å²) in [6, 6.07) is 47.0. The lowest BCUT2D eigenvalue weighted by atomic mass is 9.75. The lowest BCUT2D eigenvalue weighted by molar-refractivity contribution is 0.543. The van der Waals surface area contributed by atoms with Crippen LogP contribution in [0, 0.1) is 11.3 Å². The van der Waals surface area contributed by atoms with E-state index in [0.29, 0.717) is 5.56 Å². The van der Waals surface area contributed by atoms with Crippen molar-refractivity contribution in [3.05, 3.63) is 163 Å². The molecule has 2 unspecified atom stereocenters. The van der Waals surface area contributed by atoms with Crippen LogP contribution in [0.3, 0.4) is 0 Å². The van der Waals surface area contributed by atoms with Gasteiger partial charge in [0.1, 0.15) is 17.2 Å². The van der Waals surface area contributed by atoms with Gasteiger partial charge in [0.2, 0.25) is 0 Å². The number of benzene rings is 6. The van der Waals surface area contributed by atoms with Crippen molar-refractivity contribution in [3.8, 4) is 22.9 Å². The van der Waals surface area contributed by atoms with Gasteiger partial charge in [-0.25, -0.2) is 0 Å². The lowest BCUT2D eigenvalue weighted by Crippen LogP contribution is -2.39. The average molecular weight is 616 g/mol. The molecule has 2 aromatic heterocycles. The van der Waals surface area contributed by atoms with Crippen LogP contribution in [0.1, 0.15) is 18.1 Å². The molecule has 4 nitrogen and oxygen atoms in total. The number of hydrogen-bond donors (Lipinski definition) is 0. The molecule has 0 bridgehead atoms. The van der Waals surface area contributed by atoms with E-state index >= 15 is 0 Å². The van der Waals surface area contributed by atoms with Gasteiger partial charge >= 0.3 is 0 Å². The fourth-order valence-electron chi connectivity index (χ4n) is 8.40. The van der Waals surface area contributed by atoms with E-state index in [4.69, 9.17) is 4.42 Å². The van der Waals surface area contributed by atoms with Gasteiger partial charge in [-0.15, -0.1) is 0 Å². The Bertz CT molecular complexity index is 2680. The highest BCUT2D eigenvalue weighted by molar-refractivity contribution is 6.11. The van der Waals surface area contributed by atoms with Crippen LogP contribution in [-0.2, 0) is 5.41 Å². The second-order valence-electron chi connectivity index (χ2n) is 13.0. The Balaban J connectivity index is 1.27. The summed E-state index contributed by atoms with van der Waals surface area (Å²) in [6.07, 6.45) is 8.95. The normalized spacial score (nSPS) is 18.2. The maximum absolute atomic E-state index is 10.6. The third-order valence-electron chi connectivity index (χ3n) is 10.5. The Morgan fingerprint density at radius 1 is 0.646 bits per heavy atom. The van der Waals surface area contributed by atoms with Gasteiger partial charge in [-0.1, -0.05) is 109 Å². The van der Waals surface area contributed by atoms with Gasteiger partial charge in [0.05, 0.1) is 28.3 Å². The molecule has 0 saturated carbocycles. The second-order valence-corrected chi connectivity index (χ2v) is 13.0. The molecule has 10 rings (SSSR count). The summed E-state index contributed by atoms with van der Waals surface area (Å²) in [7, 11) is 0. The number of fused-ring (bicyclic) bond motifs is 10. The molecule has 0 N–H and O–H groups in total. The number of hydrogen-bond acceptors (Lipinski definition) is 3. The van der Waals surface area contributed by atoms with Crippen molar-refractivity contribution in [3.63, 3.8) is 0 Å². The first kappa shape index (κ1) is 26.9. The van der Waals surface area contributed by atoms with Crippen LogP contribution in [-0.4, -0.2) is 10.6 Å². The van der Waals surface area contributed by atoms with Gasteiger partial charge in [-0.2, -0.15) is 5.26 Å². The van der Waals surface area contributed by atoms with E-state index in [9.17, 15) is 5.26 Å². The fraction of sp³-hybridized carbons (Fsp3) is 0.0682. The molecule has 6 aromatic carbocycles. The zero-order chi connectivity index (χ0) is 32.0. The molecule has 1 aliphatic heterocycles. The Morgan fingerprint density at radius 2 is 1.33 bits per heavy atom. The Morgan fingerprint density at radius 3 is 2.12 bits per heavy atom. The van der Waals surface area contributed by atoms with E-state index in [0.717, 1.165) is 61.2 Å². The van der Waals surface area contributed by atoms with Gasteiger partial charge < -0.3 is 13.9 Å². The summed E-state index contributed by atoms with van der Waals surface area (Å²) in [5.41, 5.74) is 10.7. The monoisotopic (exact) mass is 615 g/mol. The Hall–Kier alpha value is -6.31. The Kier molecular flexibility index (Phi) is 5.51. The van der Waals surface area contributed by atoms with E-state index in [1.54, 1.807) is 0 Å². The summed E-state index contributed by atoms with van der Waals surface area (Å²) in [5, 5.41) is 15.2. The maximum Gasteiger partial charge on any atom is 0.141 e. The topological polar surface area (TPSA) is 45.1 Å². The van der Waals surface area contributed by atoms with E-state index in [-0.39, 0.29) is 11.5 Å². The third kappa shape index (κ3) is 3.48. The molecule has 0 saturated heterocycles. The SMILES string of the molecule is CC12C=CC=CC1N(c1ccccc1-c1cccc(C#N)c1-n1c3ccccc3c3ccccc31)c1ccc3c(oc4ccccc43)c12. The van der Waals surface area contributed by atoms with E-state index < -0.39 is 0 Å². The molecule has 4 heteroatoms. The smallest absolute Gasteiger partial charge is 0.141 e. The molecule has 3 heterocycles. The fourth-order valence-corrected chi connectivity index (χ4v) is 8.40. The van der Waals surface area contributed by atoms with Crippen LogP contribution in [0.2, 0.25) is 0 Å². The van der Waals surface area contributed by atoms with Crippen molar-refractivity contribution in [1.29, 1.82) is 5.26 Å². The molecule has 2 atom stereocenters.